The van der Waals surface area contributed by atoms with Crippen molar-refractivity contribution in [2.45, 2.75) is 70.9 Å². The van der Waals surface area contributed by atoms with Crippen LogP contribution in [0.25, 0.3) is 11.4 Å². The van der Waals surface area contributed by atoms with Gasteiger partial charge in [0.25, 0.3) is 0 Å². The first-order valence-corrected chi connectivity index (χ1v) is 10.00. The second kappa shape index (κ2) is 9.62. The summed E-state index contributed by atoms with van der Waals surface area (Å²) in [6, 6.07) is 5.21. The zero-order valence-electron chi connectivity index (χ0n) is 16.0. The van der Waals surface area contributed by atoms with Crippen LogP contribution in [-0.4, -0.2) is 33.6 Å². The van der Waals surface area contributed by atoms with Crippen LogP contribution in [0.4, 0.5) is 5.82 Å². The summed E-state index contributed by atoms with van der Waals surface area (Å²) in [5.74, 6) is 1.59. The lowest BCUT2D eigenvalue weighted by molar-refractivity contribution is 0.325. The number of pyridine rings is 1. The van der Waals surface area contributed by atoms with Gasteiger partial charge in [-0.15, -0.1) is 0 Å². The van der Waals surface area contributed by atoms with Crippen molar-refractivity contribution < 1.29 is 0 Å². The van der Waals surface area contributed by atoms with Crippen LogP contribution in [0.15, 0.2) is 30.7 Å². The fourth-order valence-electron chi connectivity index (χ4n) is 3.69. The Bertz CT molecular complexity index is 667. The number of nitrogens with one attached hydrogen (secondary N) is 2. The topological polar surface area (TPSA) is 62.7 Å². The van der Waals surface area contributed by atoms with Crippen molar-refractivity contribution in [1.82, 2.24) is 20.3 Å². The third kappa shape index (κ3) is 5.24. The van der Waals surface area contributed by atoms with Gasteiger partial charge in [-0.05, 0) is 50.3 Å². The van der Waals surface area contributed by atoms with Crippen molar-refractivity contribution in [3.8, 4) is 11.4 Å². The van der Waals surface area contributed by atoms with Gasteiger partial charge in [0.05, 0.1) is 5.56 Å². The van der Waals surface area contributed by atoms with Gasteiger partial charge >= 0.3 is 0 Å². The second-order valence-electron chi connectivity index (χ2n) is 7.30. The molecular formula is C21H31N5. The van der Waals surface area contributed by atoms with E-state index in [-0.39, 0.29) is 0 Å². The number of nitrogens with zero attached hydrogens (tertiary/aromatic N) is 3. The van der Waals surface area contributed by atoms with Crippen molar-refractivity contribution in [2.24, 2.45) is 0 Å². The molecule has 2 heterocycles. The van der Waals surface area contributed by atoms with Gasteiger partial charge in [0.2, 0.25) is 0 Å². The molecule has 0 bridgehead atoms. The maximum absolute atomic E-state index is 4.58. The van der Waals surface area contributed by atoms with E-state index in [0.29, 0.717) is 12.1 Å². The molecule has 0 amide bonds. The molecule has 1 atom stereocenters. The maximum atomic E-state index is 4.58. The molecule has 2 N–H and O–H groups in total. The van der Waals surface area contributed by atoms with Crippen molar-refractivity contribution in [3.63, 3.8) is 0 Å². The number of hydrogen-bond donors (Lipinski definition) is 2. The summed E-state index contributed by atoms with van der Waals surface area (Å²) in [6.45, 7) is 5.21. The molecule has 140 valence electrons. The number of hydrogen-bond acceptors (Lipinski definition) is 5. The van der Waals surface area contributed by atoms with Gasteiger partial charge in [-0.25, -0.2) is 15.0 Å². The van der Waals surface area contributed by atoms with E-state index in [2.05, 4.69) is 38.6 Å². The molecule has 5 heteroatoms. The molecule has 1 aliphatic carbocycles. The molecular weight excluding hydrogens is 322 g/mol. The monoisotopic (exact) mass is 353 g/mol. The highest BCUT2D eigenvalue weighted by atomic mass is 15.0. The molecule has 2 aromatic rings. The summed E-state index contributed by atoms with van der Waals surface area (Å²) in [6.07, 6.45) is 14.5. The lowest BCUT2D eigenvalue weighted by atomic mass is 9.94. The van der Waals surface area contributed by atoms with Crippen LogP contribution in [0.5, 0.6) is 0 Å². The Morgan fingerprint density at radius 1 is 1.12 bits per heavy atom. The van der Waals surface area contributed by atoms with Gasteiger partial charge in [0, 0.05) is 37.2 Å². The Hall–Kier alpha value is -2.01. The van der Waals surface area contributed by atoms with E-state index in [4.69, 9.17) is 0 Å². The van der Waals surface area contributed by atoms with Gasteiger partial charge < -0.3 is 10.6 Å². The molecule has 0 radical (unpaired) electrons. The van der Waals surface area contributed by atoms with E-state index in [1.807, 2.05) is 19.2 Å². The smallest absolute Gasteiger partial charge is 0.162 e. The minimum absolute atomic E-state index is 0.562. The normalized spacial score (nSPS) is 16.4. The van der Waals surface area contributed by atoms with Crippen molar-refractivity contribution in [2.75, 3.05) is 11.9 Å². The van der Waals surface area contributed by atoms with Gasteiger partial charge in [-0.1, -0.05) is 26.2 Å². The molecule has 1 unspecified atom stereocenters. The van der Waals surface area contributed by atoms with Gasteiger partial charge in [0.1, 0.15) is 5.82 Å². The highest BCUT2D eigenvalue weighted by molar-refractivity contribution is 5.70. The molecule has 1 saturated carbocycles. The average molecular weight is 354 g/mol. The van der Waals surface area contributed by atoms with Gasteiger partial charge in [-0.2, -0.15) is 0 Å². The summed E-state index contributed by atoms with van der Waals surface area (Å²) < 4.78 is 0. The largest absolute Gasteiger partial charge is 0.369 e. The van der Waals surface area contributed by atoms with Crippen LogP contribution in [0.1, 0.15) is 57.4 Å². The molecule has 0 aliphatic heterocycles. The van der Waals surface area contributed by atoms with Crippen LogP contribution in [0.2, 0.25) is 0 Å². The first-order valence-electron chi connectivity index (χ1n) is 10.00. The van der Waals surface area contributed by atoms with E-state index in [9.17, 15) is 0 Å². The molecule has 2 aromatic heterocycles. The average Bonchev–Trinajstić information content (AvgIpc) is 2.69. The standard InChI is InChI=1S/C21H31N5/c1-3-17(26-18-8-5-4-6-9-18)10-13-24-21-19(14-16(2)15-25-21)20-22-11-7-12-23-20/h7,11-12,14-15,17-18,26H,3-6,8-10,13H2,1-2H3,(H,24,25). The van der Waals surface area contributed by atoms with E-state index in [0.717, 1.165) is 42.2 Å². The van der Waals surface area contributed by atoms with E-state index in [1.165, 1.54) is 32.1 Å². The molecule has 5 nitrogen and oxygen atoms in total. The highest BCUT2D eigenvalue weighted by Crippen LogP contribution is 2.24. The summed E-state index contributed by atoms with van der Waals surface area (Å²) in [4.78, 5) is 13.3. The first-order chi connectivity index (χ1) is 12.8. The quantitative estimate of drug-likeness (QED) is 0.739. The molecule has 1 aliphatic rings. The summed E-state index contributed by atoms with van der Waals surface area (Å²) in [5.41, 5.74) is 2.09. The minimum Gasteiger partial charge on any atom is -0.369 e. The third-order valence-electron chi connectivity index (χ3n) is 5.19. The minimum atomic E-state index is 0.562. The Kier molecular flexibility index (Phi) is 6.95. The van der Waals surface area contributed by atoms with E-state index >= 15 is 0 Å². The molecule has 0 aromatic carbocycles. The lowest BCUT2D eigenvalue weighted by Gasteiger charge is -2.28. The Morgan fingerprint density at radius 3 is 2.62 bits per heavy atom. The number of anilines is 1. The van der Waals surface area contributed by atoms with Gasteiger partial charge in [0.15, 0.2) is 5.82 Å². The third-order valence-corrected chi connectivity index (χ3v) is 5.19. The van der Waals surface area contributed by atoms with Crippen LogP contribution in [0.3, 0.4) is 0 Å². The molecule has 26 heavy (non-hydrogen) atoms. The Labute approximate surface area is 157 Å². The summed E-state index contributed by atoms with van der Waals surface area (Å²) >= 11 is 0. The highest BCUT2D eigenvalue weighted by Gasteiger charge is 2.17. The van der Waals surface area contributed by atoms with Crippen LogP contribution < -0.4 is 10.6 Å². The number of rotatable bonds is 8. The molecule has 3 rings (SSSR count). The summed E-state index contributed by atoms with van der Waals surface area (Å²) in [7, 11) is 0. The lowest BCUT2D eigenvalue weighted by Crippen LogP contribution is -2.40. The maximum Gasteiger partial charge on any atom is 0.162 e. The second-order valence-corrected chi connectivity index (χ2v) is 7.30. The Morgan fingerprint density at radius 2 is 1.88 bits per heavy atom. The first kappa shape index (κ1) is 18.8. The summed E-state index contributed by atoms with van der Waals surface area (Å²) in [5, 5.41) is 7.37. The number of aryl methyl sites for hydroxylation is 1. The SMILES string of the molecule is CCC(CCNc1ncc(C)cc1-c1ncccn1)NC1CCCCC1. The predicted molar refractivity (Wildman–Crippen MR) is 107 cm³/mol. The van der Waals surface area contributed by atoms with Crippen molar-refractivity contribution >= 4 is 5.82 Å². The van der Waals surface area contributed by atoms with Crippen molar-refractivity contribution in [1.29, 1.82) is 0 Å². The zero-order chi connectivity index (χ0) is 18.2. The predicted octanol–water partition coefficient (Wildman–Crippen LogP) is 4.35. The Balaban J connectivity index is 1.58. The molecule has 0 saturated heterocycles. The van der Waals surface area contributed by atoms with Crippen LogP contribution in [-0.2, 0) is 0 Å². The van der Waals surface area contributed by atoms with E-state index < -0.39 is 0 Å². The van der Waals surface area contributed by atoms with E-state index in [1.54, 1.807) is 12.4 Å². The fourth-order valence-corrected chi connectivity index (χ4v) is 3.69. The number of aromatic nitrogens is 3. The molecule has 0 spiro atoms. The van der Waals surface area contributed by atoms with Gasteiger partial charge in [-0.3, -0.25) is 0 Å². The fraction of sp³-hybridized carbons (Fsp3) is 0.571. The van der Waals surface area contributed by atoms with Crippen molar-refractivity contribution in [3.05, 3.63) is 36.3 Å². The zero-order valence-corrected chi connectivity index (χ0v) is 16.0. The van der Waals surface area contributed by atoms with Crippen LogP contribution >= 0.6 is 0 Å². The van der Waals surface area contributed by atoms with Crippen LogP contribution in [0, 0.1) is 6.92 Å². The molecule has 1 fully saturated rings.